The van der Waals surface area contributed by atoms with Crippen molar-refractivity contribution in [2.75, 3.05) is 19.6 Å². The van der Waals surface area contributed by atoms with E-state index in [4.69, 9.17) is 23.2 Å². The lowest BCUT2D eigenvalue weighted by Crippen LogP contribution is -2.45. The number of Topliss-reactive ketones (excluding diaryl/α,β-unsaturated/α-hetero) is 1. The monoisotopic (exact) mass is 330 g/mol. The zero-order valence-corrected chi connectivity index (χ0v) is 14.0. The first-order valence-electron chi connectivity index (χ1n) is 6.90. The van der Waals surface area contributed by atoms with Gasteiger partial charge in [0.05, 0.1) is 17.6 Å². The third kappa shape index (κ3) is 4.99. The average molecular weight is 331 g/mol. The molecule has 1 rings (SSSR count). The second-order valence-electron chi connectivity index (χ2n) is 4.68. The molecule has 0 bridgehead atoms. The maximum Gasteiger partial charge on any atom is 0.234 e. The fourth-order valence-electron chi connectivity index (χ4n) is 2.04. The first-order valence-corrected chi connectivity index (χ1v) is 7.66. The Hall–Kier alpha value is -1.10. The summed E-state index contributed by atoms with van der Waals surface area (Å²) in [5, 5.41) is 3.54. The topological polar surface area (TPSA) is 49.4 Å². The Bertz CT molecular complexity index is 520. The Kier molecular flexibility index (Phi) is 7.15. The van der Waals surface area contributed by atoms with E-state index in [1.165, 1.54) is 0 Å². The SMILES string of the molecule is CCNC(=O)CN(CC)C(C)C(=O)c1ccc(Cl)cc1Cl. The van der Waals surface area contributed by atoms with E-state index in [1.807, 2.05) is 13.8 Å². The summed E-state index contributed by atoms with van der Waals surface area (Å²) in [7, 11) is 0. The lowest BCUT2D eigenvalue weighted by Gasteiger charge is -2.26. The number of halogens is 2. The number of nitrogens with one attached hydrogen (secondary N) is 1. The lowest BCUT2D eigenvalue weighted by molar-refractivity contribution is -0.122. The van der Waals surface area contributed by atoms with Gasteiger partial charge in [-0.2, -0.15) is 0 Å². The molecule has 1 unspecified atom stereocenters. The number of benzene rings is 1. The summed E-state index contributed by atoms with van der Waals surface area (Å²) in [5.41, 5.74) is 0.419. The first kappa shape index (κ1) is 18.0. The van der Waals surface area contributed by atoms with Gasteiger partial charge in [-0.1, -0.05) is 30.1 Å². The van der Waals surface area contributed by atoms with Crippen LogP contribution in [-0.2, 0) is 4.79 Å². The molecular formula is C15H20Cl2N2O2. The predicted octanol–water partition coefficient (Wildman–Crippen LogP) is 3.02. The van der Waals surface area contributed by atoms with Crippen LogP contribution in [0.3, 0.4) is 0 Å². The molecule has 0 aliphatic heterocycles. The van der Waals surface area contributed by atoms with Gasteiger partial charge in [0, 0.05) is 17.1 Å². The number of carbonyl (C=O) groups excluding carboxylic acids is 2. The number of amides is 1. The van der Waals surface area contributed by atoms with Gasteiger partial charge in [0.1, 0.15) is 0 Å². The summed E-state index contributed by atoms with van der Waals surface area (Å²) in [6, 6.07) is 4.36. The molecule has 0 fully saturated rings. The second kappa shape index (κ2) is 8.37. The molecule has 0 saturated heterocycles. The van der Waals surface area contributed by atoms with Gasteiger partial charge in [0.15, 0.2) is 5.78 Å². The molecule has 1 amide bonds. The van der Waals surface area contributed by atoms with E-state index in [9.17, 15) is 9.59 Å². The van der Waals surface area contributed by atoms with Crippen molar-refractivity contribution in [1.29, 1.82) is 0 Å². The quantitative estimate of drug-likeness (QED) is 0.782. The van der Waals surface area contributed by atoms with E-state index < -0.39 is 6.04 Å². The van der Waals surface area contributed by atoms with Crippen LogP contribution >= 0.6 is 23.2 Å². The van der Waals surface area contributed by atoms with Gasteiger partial charge in [-0.25, -0.2) is 0 Å². The van der Waals surface area contributed by atoms with E-state index in [2.05, 4.69) is 5.32 Å². The van der Waals surface area contributed by atoms with Crippen LogP contribution in [-0.4, -0.2) is 42.3 Å². The molecule has 0 aromatic heterocycles. The van der Waals surface area contributed by atoms with E-state index in [0.717, 1.165) is 0 Å². The fraction of sp³-hybridized carbons (Fsp3) is 0.467. The first-order chi connectivity index (χ1) is 9.90. The zero-order chi connectivity index (χ0) is 16.0. The molecule has 4 nitrogen and oxygen atoms in total. The zero-order valence-electron chi connectivity index (χ0n) is 12.5. The number of carbonyl (C=O) groups is 2. The van der Waals surface area contributed by atoms with Crippen molar-refractivity contribution in [3.63, 3.8) is 0 Å². The van der Waals surface area contributed by atoms with Gasteiger partial charge in [-0.05, 0) is 38.6 Å². The maximum absolute atomic E-state index is 12.5. The number of nitrogens with zero attached hydrogens (tertiary/aromatic N) is 1. The third-order valence-electron chi connectivity index (χ3n) is 3.25. The minimum Gasteiger partial charge on any atom is -0.355 e. The molecule has 0 aliphatic carbocycles. The van der Waals surface area contributed by atoms with Crippen LogP contribution in [0.1, 0.15) is 31.1 Å². The van der Waals surface area contributed by atoms with Crippen molar-refractivity contribution in [1.82, 2.24) is 10.2 Å². The minimum absolute atomic E-state index is 0.0961. The number of rotatable bonds is 7. The summed E-state index contributed by atoms with van der Waals surface area (Å²) in [4.78, 5) is 26.0. The average Bonchev–Trinajstić information content (AvgIpc) is 2.43. The molecule has 1 N–H and O–H groups in total. The molecular weight excluding hydrogens is 311 g/mol. The maximum atomic E-state index is 12.5. The summed E-state index contributed by atoms with van der Waals surface area (Å²) < 4.78 is 0. The molecule has 0 saturated carbocycles. The van der Waals surface area contributed by atoms with Gasteiger partial charge in [-0.15, -0.1) is 0 Å². The Labute approximate surface area is 135 Å². The van der Waals surface area contributed by atoms with Crippen molar-refractivity contribution in [2.24, 2.45) is 0 Å². The summed E-state index contributed by atoms with van der Waals surface area (Å²) in [6.07, 6.45) is 0. The van der Waals surface area contributed by atoms with Crippen LogP contribution in [0.5, 0.6) is 0 Å². The van der Waals surface area contributed by atoms with Crippen LogP contribution in [0.4, 0.5) is 0 Å². The van der Waals surface area contributed by atoms with Gasteiger partial charge in [-0.3, -0.25) is 14.5 Å². The fourth-order valence-corrected chi connectivity index (χ4v) is 2.54. The molecule has 116 valence electrons. The highest BCUT2D eigenvalue weighted by Crippen LogP contribution is 2.23. The third-order valence-corrected chi connectivity index (χ3v) is 3.80. The van der Waals surface area contributed by atoms with E-state index in [1.54, 1.807) is 30.0 Å². The Morgan fingerprint density at radius 3 is 2.48 bits per heavy atom. The van der Waals surface area contributed by atoms with Crippen molar-refractivity contribution in [3.8, 4) is 0 Å². The number of hydrogen-bond donors (Lipinski definition) is 1. The standard InChI is InChI=1S/C15H20Cl2N2O2/c1-4-18-14(20)9-19(5-2)10(3)15(21)12-7-6-11(16)8-13(12)17/h6-8,10H,4-5,9H2,1-3H3,(H,18,20). The van der Waals surface area contributed by atoms with Crippen LogP contribution in [0.2, 0.25) is 10.0 Å². The molecule has 0 heterocycles. The second-order valence-corrected chi connectivity index (χ2v) is 5.52. The van der Waals surface area contributed by atoms with Crippen LogP contribution in [0, 0.1) is 0 Å². The highest BCUT2D eigenvalue weighted by molar-refractivity contribution is 6.37. The lowest BCUT2D eigenvalue weighted by atomic mass is 10.0. The van der Waals surface area contributed by atoms with Crippen LogP contribution in [0.25, 0.3) is 0 Å². The van der Waals surface area contributed by atoms with Crippen molar-refractivity contribution >= 4 is 34.9 Å². The normalized spacial score (nSPS) is 12.3. The minimum atomic E-state index is -0.434. The largest absolute Gasteiger partial charge is 0.355 e. The Morgan fingerprint density at radius 2 is 1.95 bits per heavy atom. The van der Waals surface area contributed by atoms with E-state index >= 15 is 0 Å². The molecule has 1 aromatic rings. The van der Waals surface area contributed by atoms with Gasteiger partial charge < -0.3 is 5.32 Å². The van der Waals surface area contributed by atoms with Crippen molar-refractivity contribution in [3.05, 3.63) is 33.8 Å². The Morgan fingerprint density at radius 1 is 1.29 bits per heavy atom. The predicted molar refractivity (Wildman–Crippen MR) is 86.2 cm³/mol. The van der Waals surface area contributed by atoms with E-state index in [-0.39, 0.29) is 18.2 Å². The summed E-state index contributed by atoms with van der Waals surface area (Å²) in [5.74, 6) is -0.219. The van der Waals surface area contributed by atoms with Crippen LogP contribution < -0.4 is 5.32 Å². The number of ketones is 1. The number of hydrogen-bond acceptors (Lipinski definition) is 3. The molecule has 1 atom stereocenters. The number of likely N-dealkylation sites (N-methyl/N-ethyl adjacent to an activating group) is 2. The van der Waals surface area contributed by atoms with E-state index in [0.29, 0.717) is 28.7 Å². The summed E-state index contributed by atoms with van der Waals surface area (Å²) >= 11 is 11.9. The Balaban J connectivity index is 2.86. The highest BCUT2D eigenvalue weighted by atomic mass is 35.5. The molecule has 1 aromatic carbocycles. The molecule has 21 heavy (non-hydrogen) atoms. The highest BCUT2D eigenvalue weighted by Gasteiger charge is 2.24. The van der Waals surface area contributed by atoms with Crippen molar-refractivity contribution in [2.45, 2.75) is 26.8 Å². The molecule has 0 aliphatic rings. The molecule has 0 radical (unpaired) electrons. The molecule has 6 heteroatoms. The van der Waals surface area contributed by atoms with Crippen LogP contribution in [0.15, 0.2) is 18.2 Å². The van der Waals surface area contributed by atoms with Gasteiger partial charge in [0.2, 0.25) is 5.91 Å². The van der Waals surface area contributed by atoms with Crippen molar-refractivity contribution < 1.29 is 9.59 Å². The smallest absolute Gasteiger partial charge is 0.234 e. The van der Waals surface area contributed by atoms with Gasteiger partial charge >= 0.3 is 0 Å². The molecule has 0 spiro atoms. The summed E-state index contributed by atoms with van der Waals surface area (Å²) in [6.45, 7) is 6.89. The van der Waals surface area contributed by atoms with Gasteiger partial charge in [0.25, 0.3) is 0 Å².